The Hall–Kier alpha value is -3.32. The summed E-state index contributed by atoms with van der Waals surface area (Å²) in [7, 11) is 1.56. The summed E-state index contributed by atoms with van der Waals surface area (Å²) in [5.41, 5.74) is 2.39. The van der Waals surface area contributed by atoms with Gasteiger partial charge in [-0.2, -0.15) is 0 Å². The van der Waals surface area contributed by atoms with E-state index in [2.05, 4.69) is 19.2 Å². The molecule has 3 aromatic rings. The predicted molar refractivity (Wildman–Crippen MR) is 143 cm³/mol. The fourth-order valence-corrected chi connectivity index (χ4v) is 5.30. The lowest BCUT2D eigenvalue weighted by Gasteiger charge is -2.34. The zero-order chi connectivity index (χ0) is 26.7. The Bertz CT molecular complexity index is 1310. The largest absolute Gasteiger partial charge is 0.497 e. The standard InChI is InChI=1S/C29H33ClN2O5/c1-17-6-5-7-25(18(17)2)31-27(33)16-37-28(34)15-23-19(3)32(26-13-12-22(36-4)14-24(23)26)29(35)20-8-10-21(30)11-9-20/h8-14,17-18,25H,5-7,15-16H2,1-4H3,(H,31,33). The molecule has 1 heterocycles. The zero-order valence-corrected chi connectivity index (χ0v) is 22.4. The van der Waals surface area contributed by atoms with Crippen LogP contribution >= 0.6 is 11.6 Å². The van der Waals surface area contributed by atoms with Crippen LogP contribution in [-0.4, -0.2) is 42.1 Å². The molecule has 196 valence electrons. The van der Waals surface area contributed by atoms with E-state index in [0.29, 0.717) is 50.3 Å². The van der Waals surface area contributed by atoms with Gasteiger partial charge < -0.3 is 14.8 Å². The highest BCUT2D eigenvalue weighted by molar-refractivity contribution is 6.30. The summed E-state index contributed by atoms with van der Waals surface area (Å²) in [5, 5.41) is 4.28. The molecule has 1 aliphatic carbocycles. The highest BCUT2D eigenvalue weighted by Gasteiger charge is 2.28. The molecule has 3 atom stereocenters. The first kappa shape index (κ1) is 26.7. The molecule has 0 aliphatic heterocycles. The summed E-state index contributed by atoms with van der Waals surface area (Å²) in [6.07, 6.45) is 3.10. The molecule has 3 unspecified atom stereocenters. The molecule has 1 saturated carbocycles. The van der Waals surface area contributed by atoms with Crippen LogP contribution in [0.5, 0.6) is 5.75 Å². The molecule has 1 fully saturated rings. The topological polar surface area (TPSA) is 86.6 Å². The third-order valence-corrected chi connectivity index (χ3v) is 7.83. The molecule has 1 aromatic heterocycles. The van der Waals surface area contributed by atoms with Crippen molar-refractivity contribution in [1.82, 2.24) is 9.88 Å². The average Bonchev–Trinajstić information content (AvgIpc) is 3.15. The van der Waals surface area contributed by atoms with Crippen LogP contribution in [-0.2, 0) is 20.7 Å². The second-order valence-electron chi connectivity index (χ2n) is 9.87. The Kier molecular flexibility index (Phi) is 8.22. The number of aromatic nitrogens is 1. The van der Waals surface area contributed by atoms with E-state index in [4.69, 9.17) is 21.1 Å². The Labute approximate surface area is 222 Å². The molecular weight excluding hydrogens is 492 g/mol. The minimum atomic E-state index is -0.538. The van der Waals surface area contributed by atoms with Gasteiger partial charge in [-0.15, -0.1) is 0 Å². The normalized spacial score (nSPS) is 19.4. The van der Waals surface area contributed by atoms with Crippen molar-refractivity contribution in [3.63, 3.8) is 0 Å². The first-order valence-electron chi connectivity index (χ1n) is 12.6. The van der Waals surface area contributed by atoms with Crippen LogP contribution in [0.2, 0.25) is 5.02 Å². The summed E-state index contributed by atoms with van der Waals surface area (Å²) in [4.78, 5) is 38.7. The Morgan fingerprint density at radius 3 is 2.51 bits per heavy atom. The number of nitrogens with zero attached hydrogens (tertiary/aromatic N) is 1. The Morgan fingerprint density at radius 2 is 1.81 bits per heavy atom. The van der Waals surface area contributed by atoms with Crippen molar-refractivity contribution in [2.24, 2.45) is 11.8 Å². The van der Waals surface area contributed by atoms with Crippen molar-refractivity contribution in [3.8, 4) is 5.75 Å². The van der Waals surface area contributed by atoms with Gasteiger partial charge in [-0.3, -0.25) is 19.0 Å². The van der Waals surface area contributed by atoms with E-state index in [0.717, 1.165) is 12.8 Å². The average molecular weight is 525 g/mol. The number of rotatable bonds is 7. The minimum absolute atomic E-state index is 0.0828. The molecule has 0 saturated heterocycles. The summed E-state index contributed by atoms with van der Waals surface area (Å²) < 4.78 is 12.3. The number of hydrogen-bond acceptors (Lipinski definition) is 5. The van der Waals surface area contributed by atoms with E-state index in [9.17, 15) is 14.4 Å². The molecule has 0 bridgehead atoms. The number of ether oxygens (including phenoxy) is 2. The Balaban J connectivity index is 1.52. The van der Waals surface area contributed by atoms with Crippen molar-refractivity contribution >= 4 is 40.3 Å². The first-order valence-corrected chi connectivity index (χ1v) is 13.0. The number of carbonyl (C=O) groups is 3. The van der Waals surface area contributed by atoms with Crippen LogP contribution in [0.4, 0.5) is 0 Å². The molecule has 37 heavy (non-hydrogen) atoms. The van der Waals surface area contributed by atoms with Crippen molar-refractivity contribution < 1.29 is 23.9 Å². The summed E-state index contributed by atoms with van der Waals surface area (Å²) >= 11 is 5.99. The third-order valence-electron chi connectivity index (χ3n) is 7.57. The van der Waals surface area contributed by atoms with Gasteiger partial charge in [0.2, 0.25) is 0 Å². The van der Waals surface area contributed by atoms with Crippen molar-refractivity contribution in [2.75, 3.05) is 13.7 Å². The van der Waals surface area contributed by atoms with Gasteiger partial charge in [0.05, 0.1) is 19.0 Å². The molecule has 1 amide bonds. The second kappa shape index (κ2) is 11.4. The van der Waals surface area contributed by atoms with Crippen LogP contribution in [0.3, 0.4) is 0 Å². The number of hydrogen-bond donors (Lipinski definition) is 1. The van der Waals surface area contributed by atoms with Crippen LogP contribution in [0.1, 0.15) is 54.7 Å². The van der Waals surface area contributed by atoms with Gasteiger partial charge in [0.1, 0.15) is 5.75 Å². The lowest BCUT2D eigenvalue weighted by atomic mass is 9.78. The maximum atomic E-state index is 13.4. The van der Waals surface area contributed by atoms with Crippen molar-refractivity contribution in [2.45, 2.75) is 52.5 Å². The van der Waals surface area contributed by atoms with E-state index < -0.39 is 5.97 Å². The number of halogens is 1. The van der Waals surface area contributed by atoms with Gasteiger partial charge in [0.15, 0.2) is 6.61 Å². The summed E-state index contributed by atoms with van der Waals surface area (Å²) in [6, 6.07) is 12.1. The molecule has 1 aliphatic rings. The van der Waals surface area contributed by atoms with Crippen LogP contribution in [0.25, 0.3) is 10.9 Å². The SMILES string of the molecule is COc1ccc2c(c1)c(CC(=O)OCC(=O)NC1CCCC(C)C1C)c(C)n2C(=O)c1ccc(Cl)cc1. The predicted octanol–water partition coefficient (Wildman–Crippen LogP) is 5.33. The third kappa shape index (κ3) is 5.82. The van der Waals surface area contributed by atoms with Gasteiger partial charge in [0.25, 0.3) is 11.8 Å². The lowest BCUT2D eigenvalue weighted by molar-refractivity contribution is -0.148. The number of esters is 1. The molecule has 2 aromatic carbocycles. The number of nitrogens with one attached hydrogen (secondary N) is 1. The van der Waals surface area contributed by atoms with Crippen LogP contribution in [0, 0.1) is 18.8 Å². The molecule has 7 nitrogen and oxygen atoms in total. The maximum Gasteiger partial charge on any atom is 0.310 e. The minimum Gasteiger partial charge on any atom is -0.497 e. The molecule has 4 rings (SSSR count). The second-order valence-corrected chi connectivity index (χ2v) is 10.3. The van der Waals surface area contributed by atoms with E-state index in [1.807, 2.05) is 0 Å². The highest BCUT2D eigenvalue weighted by atomic mass is 35.5. The quantitative estimate of drug-likeness (QED) is 0.422. The number of benzene rings is 2. The number of carbonyl (C=O) groups excluding carboxylic acids is 3. The van der Waals surface area contributed by atoms with E-state index >= 15 is 0 Å². The van der Waals surface area contributed by atoms with Gasteiger partial charge in [0, 0.05) is 27.7 Å². The van der Waals surface area contributed by atoms with Crippen LogP contribution in [0.15, 0.2) is 42.5 Å². The van der Waals surface area contributed by atoms with E-state index in [1.54, 1.807) is 61.1 Å². The fraction of sp³-hybridized carbons (Fsp3) is 0.414. The van der Waals surface area contributed by atoms with Gasteiger partial charge >= 0.3 is 5.97 Å². The van der Waals surface area contributed by atoms with Crippen molar-refractivity contribution in [1.29, 1.82) is 0 Å². The van der Waals surface area contributed by atoms with Gasteiger partial charge in [-0.25, -0.2) is 0 Å². The number of amides is 1. The van der Waals surface area contributed by atoms with Gasteiger partial charge in [-0.05, 0) is 73.2 Å². The molecule has 0 radical (unpaired) electrons. The monoisotopic (exact) mass is 524 g/mol. The zero-order valence-electron chi connectivity index (χ0n) is 21.7. The summed E-state index contributed by atoms with van der Waals surface area (Å²) in [5.74, 6) is 0.472. The molecule has 1 N–H and O–H groups in total. The lowest BCUT2D eigenvalue weighted by Crippen LogP contribution is -2.45. The summed E-state index contributed by atoms with van der Waals surface area (Å²) in [6.45, 7) is 5.82. The molecule has 8 heteroatoms. The van der Waals surface area contributed by atoms with Crippen molar-refractivity contribution in [3.05, 3.63) is 64.3 Å². The maximum absolute atomic E-state index is 13.4. The van der Waals surface area contributed by atoms with Crippen LogP contribution < -0.4 is 10.1 Å². The smallest absolute Gasteiger partial charge is 0.310 e. The molecule has 0 spiro atoms. The van der Waals surface area contributed by atoms with Gasteiger partial charge in [-0.1, -0.05) is 38.3 Å². The van der Waals surface area contributed by atoms with E-state index in [1.165, 1.54) is 6.42 Å². The molecular formula is C29H33ClN2O5. The Morgan fingerprint density at radius 1 is 1.08 bits per heavy atom. The van der Waals surface area contributed by atoms with E-state index in [-0.39, 0.29) is 30.9 Å². The highest BCUT2D eigenvalue weighted by Crippen LogP contribution is 2.31. The number of fused-ring (bicyclic) bond motifs is 1. The first-order chi connectivity index (χ1) is 17.7. The fourth-order valence-electron chi connectivity index (χ4n) is 5.17. The number of methoxy groups -OCH3 is 1.